The fourth-order valence-electron chi connectivity index (χ4n) is 2.64. The van der Waals surface area contributed by atoms with Gasteiger partial charge in [0.1, 0.15) is 43.4 Å². The standard InChI is InChI=1S/C12H15N3O.C11H13N3O/c1-11-3-5-12(6-4-11)16-8-2-7-15-10-13-9-14-15;1-10-2-4-11(5-3-10)15-7-6-14-9-12-8-13-14/h3-6,9-10H,2,7-8H2,1H3;2-5,8-9H,6-7H2,1H3. The molecule has 8 heteroatoms. The van der Waals surface area contributed by atoms with E-state index >= 15 is 0 Å². The number of aromatic nitrogens is 6. The third-order valence-electron chi connectivity index (χ3n) is 4.36. The number of hydrogen-bond acceptors (Lipinski definition) is 6. The predicted molar refractivity (Wildman–Crippen MR) is 118 cm³/mol. The van der Waals surface area contributed by atoms with Crippen LogP contribution in [0, 0.1) is 13.8 Å². The van der Waals surface area contributed by atoms with Crippen molar-refractivity contribution >= 4 is 0 Å². The number of rotatable bonds is 9. The molecule has 0 N–H and O–H groups in total. The van der Waals surface area contributed by atoms with E-state index < -0.39 is 0 Å². The van der Waals surface area contributed by atoms with Crippen molar-refractivity contribution in [1.29, 1.82) is 0 Å². The maximum absolute atomic E-state index is 5.60. The lowest BCUT2D eigenvalue weighted by Crippen LogP contribution is -2.08. The average molecular weight is 421 g/mol. The van der Waals surface area contributed by atoms with Gasteiger partial charge in [-0.2, -0.15) is 10.2 Å². The van der Waals surface area contributed by atoms with Gasteiger partial charge in [-0.25, -0.2) is 14.6 Å². The van der Waals surface area contributed by atoms with Crippen LogP contribution in [0.5, 0.6) is 11.5 Å². The Bertz CT molecular complexity index is 968. The fourth-order valence-corrected chi connectivity index (χ4v) is 2.64. The van der Waals surface area contributed by atoms with E-state index in [1.165, 1.54) is 17.5 Å². The molecule has 0 saturated heterocycles. The van der Waals surface area contributed by atoms with E-state index in [9.17, 15) is 0 Å². The molecule has 162 valence electrons. The van der Waals surface area contributed by atoms with Crippen LogP contribution in [0.15, 0.2) is 73.8 Å². The predicted octanol–water partition coefficient (Wildman–Crippen LogP) is 3.72. The van der Waals surface area contributed by atoms with Crippen molar-refractivity contribution < 1.29 is 9.47 Å². The number of hydrogen-bond donors (Lipinski definition) is 0. The van der Waals surface area contributed by atoms with Crippen LogP contribution in [0.3, 0.4) is 0 Å². The summed E-state index contributed by atoms with van der Waals surface area (Å²) in [4.78, 5) is 7.74. The largest absolute Gasteiger partial charge is 0.494 e. The molecule has 0 bridgehead atoms. The van der Waals surface area contributed by atoms with E-state index in [0.717, 1.165) is 24.5 Å². The summed E-state index contributed by atoms with van der Waals surface area (Å²) in [7, 11) is 0. The summed E-state index contributed by atoms with van der Waals surface area (Å²) in [5.41, 5.74) is 2.48. The van der Waals surface area contributed by atoms with Gasteiger partial charge in [0, 0.05) is 13.0 Å². The Morgan fingerprint density at radius 3 is 1.61 bits per heavy atom. The van der Waals surface area contributed by atoms with Gasteiger partial charge < -0.3 is 9.47 Å². The zero-order valence-corrected chi connectivity index (χ0v) is 18.0. The molecule has 0 amide bonds. The van der Waals surface area contributed by atoms with Gasteiger partial charge in [0.2, 0.25) is 0 Å². The second kappa shape index (κ2) is 12.1. The summed E-state index contributed by atoms with van der Waals surface area (Å²) in [5, 5.41) is 8.01. The Kier molecular flexibility index (Phi) is 8.60. The summed E-state index contributed by atoms with van der Waals surface area (Å²) in [6, 6.07) is 16.1. The van der Waals surface area contributed by atoms with Crippen molar-refractivity contribution in [3.8, 4) is 11.5 Å². The average Bonchev–Trinajstić information content (AvgIpc) is 3.49. The molecule has 0 radical (unpaired) electrons. The first-order valence-electron chi connectivity index (χ1n) is 10.2. The molecular formula is C23H28N6O2. The van der Waals surface area contributed by atoms with E-state index in [1.807, 2.05) is 48.5 Å². The second-order valence-corrected chi connectivity index (χ2v) is 6.99. The van der Waals surface area contributed by atoms with Gasteiger partial charge >= 0.3 is 0 Å². The third-order valence-corrected chi connectivity index (χ3v) is 4.36. The summed E-state index contributed by atoms with van der Waals surface area (Å²) < 4.78 is 14.7. The molecule has 4 aromatic rings. The molecule has 0 fully saturated rings. The van der Waals surface area contributed by atoms with Crippen LogP contribution >= 0.6 is 0 Å². The van der Waals surface area contributed by atoms with Gasteiger partial charge in [-0.3, -0.25) is 4.68 Å². The molecule has 8 nitrogen and oxygen atoms in total. The highest BCUT2D eigenvalue weighted by atomic mass is 16.5. The van der Waals surface area contributed by atoms with Gasteiger partial charge in [-0.1, -0.05) is 35.4 Å². The highest BCUT2D eigenvalue weighted by Gasteiger charge is 1.96. The molecule has 0 aliphatic heterocycles. The summed E-state index contributed by atoms with van der Waals surface area (Å²) in [6.45, 7) is 6.97. The molecule has 2 aromatic heterocycles. The molecule has 2 aromatic carbocycles. The molecule has 2 heterocycles. The van der Waals surface area contributed by atoms with E-state index in [0.29, 0.717) is 19.8 Å². The first-order chi connectivity index (χ1) is 15.2. The van der Waals surface area contributed by atoms with Crippen LogP contribution < -0.4 is 9.47 Å². The van der Waals surface area contributed by atoms with Crippen LogP contribution in [0.25, 0.3) is 0 Å². The third kappa shape index (κ3) is 8.30. The quantitative estimate of drug-likeness (QED) is 0.384. The van der Waals surface area contributed by atoms with Gasteiger partial charge in [-0.15, -0.1) is 0 Å². The number of aryl methyl sites for hydroxylation is 3. The molecule has 31 heavy (non-hydrogen) atoms. The van der Waals surface area contributed by atoms with Crippen LogP contribution in [0.1, 0.15) is 17.5 Å². The molecule has 0 atom stereocenters. The molecular weight excluding hydrogens is 392 g/mol. The maximum Gasteiger partial charge on any atom is 0.137 e. The molecule has 4 rings (SSSR count). The molecule has 0 unspecified atom stereocenters. The van der Waals surface area contributed by atoms with Crippen molar-refractivity contribution in [2.45, 2.75) is 33.4 Å². The van der Waals surface area contributed by atoms with Crippen molar-refractivity contribution in [2.24, 2.45) is 0 Å². The minimum absolute atomic E-state index is 0.604. The minimum Gasteiger partial charge on any atom is -0.494 e. The highest BCUT2D eigenvalue weighted by molar-refractivity contribution is 5.26. The number of ether oxygens (including phenoxy) is 2. The minimum atomic E-state index is 0.604. The monoisotopic (exact) mass is 420 g/mol. The van der Waals surface area contributed by atoms with E-state index in [1.54, 1.807) is 28.3 Å². The topological polar surface area (TPSA) is 79.9 Å². The lowest BCUT2D eigenvalue weighted by molar-refractivity contribution is 0.291. The van der Waals surface area contributed by atoms with Crippen molar-refractivity contribution in [2.75, 3.05) is 13.2 Å². The SMILES string of the molecule is Cc1ccc(OCCCn2cncn2)cc1.Cc1ccc(OCCn2cncn2)cc1. The Balaban J connectivity index is 0.000000176. The zero-order valence-electron chi connectivity index (χ0n) is 18.0. The van der Waals surface area contributed by atoms with Gasteiger partial charge in [0.25, 0.3) is 0 Å². The Morgan fingerprint density at radius 1 is 0.645 bits per heavy atom. The Labute approximate surface area is 182 Å². The first kappa shape index (κ1) is 22.0. The lowest BCUT2D eigenvalue weighted by Gasteiger charge is -2.06. The number of benzene rings is 2. The molecule has 0 spiro atoms. The highest BCUT2D eigenvalue weighted by Crippen LogP contribution is 2.12. The van der Waals surface area contributed by atoms with Gasteiger partial charge in [0.15, 0.2) is 0 Å². The molecule has 0 aliphatic carbocycles. The van der Waals surface area contributed by atoms with Gasteiger partial charge in [0.05, 0.1) is 13.2 Å². The van der Waals surface area contributed by atoms with Gasteiger partial charge in [-0.05, 0) is 38.1 Å². The Hall–Kier alpha value is -3.68. The normalized spacial score (nSPS) is 10.3. The van der Waals surface area contributed by atoms with Crippen molar-refractivity contribution in [1.82, 2.24) is 29.5 Å². The van der Waals surface area contributed by atoms with Crippen LogP contribution in [-0.2, 0) is 13.1 Å². The summed E-state index contributed by atoms with van der Waals surface area (Å²) >= 11 is 0. The van der Waals surface area contributed by atoms with Crippen LogP contribution in [-0.4, -0.2) is 42.7 Å². The smallest absolute Gasteiger partial charge is 0.137 e. The fraction of sp³-hybridized carbons (Fsp3) is 0.304. The lowest BCUT2D eigenvalue weighted by atomic mass is 10.2. The van der Waals surface area contributed by atoms with E-state index in [-0.39, 0.29) is 0 Å². The van der Waals surface area contributed by atoms with Crippen molar-refractivity contribution in [3.63, 3.8) is 0 Å². The van der Waals surface area contributed by atoms with Crippen LogP contribution in [0.4, 0.5) is 0 Å². The molecule has 0 saturated carbocycles. The van der Waals surface area contributed by atoms with Crippen molar-refractivity contribution in [3.05, 3.63) is 85.0 Å². The van der Waals surface area contributed by atoms with Crippen LogP contribution in [0.2, 0.25) is 0 Å². The van der Waals surface area contributed by atoms with E-state index in [4.69, 9.17) is 9.47 Å². The molecule has 0 aliphatic rings. The summed E-state index contributed by atoms with van der Waals surface area (Å²) in [5.74, 6) is 1.81. The Morgan fingerprint density at radius 2 is 1.13 bits per heavy atom. The summed E-state index contributed by atoms with van der Waals surface area (Å²) in [6.07, 6.45) is 7.38. The van der Waals surface area contributed by atoms with E-state index in [2.05, 4.69) is 34.0 Å². The zero-order chi connectivity index (χ0) is 21.7. The maximum atomic E-state index is 5.60. The first-order valence-corrected chi connectivity index (χ1v) is 10.2. The second-order valence-electron chi connectivity index (χ2n) is 6.99. The number of nitrogens with zero attached hydrogens (tertiary/aromatic N) is 6.